The van der Waals surface area contributed by atoms with Crippen molar-refractivity contribution < 1.29 is 14.7 Å². The van der Waals surface area contributed by atoms with Crippen LogP contribution in [0.4, 0.5) is 10.5 Å². The van der Waals surface area contributed by atoms with Gasteiger partial charge in [0.15, 0.2) is 5.78 Å². The second kappa shape index (κ2) is 7.56. The van der Waals surface area contributed by atoms with E-state index in [9.17, 15) is 14.7 Å². The molecule has 5 heteroatoms. The van der Waals surface area contributed by atoms with Crippen LogP contribution in [0.2, 0.25) is 0 Å². The molecule has 0 unspecified atom stereocenters. The average Bonchev–Trinajstić information content (AvgIpc) is 2.53. The molecule has 0 aromatic heterocycles. The fourth-order valence-corrected chi connectivity index (χ4v) is 2.38. The van der Waals surface area contributed by atoms with Crippen LogP contribution in [-0.2, 0) is 0 Å². The number of carbonyl (C=O) groups is 2. The number of aliphatic hydroxyl groups excluding tert-OH is 1. The highest BCUT2D eigenvalue weighted by molar-refractivity contribution is 5.97. The quantitative estimate of drug-likeness (QED) is 0.743. The van der Waals surface area contributed by atoms with Gasteiger partial charge in [-0.3, -0.25) is 4.79 Å². The van der Waals surface area contributed by atoms with Crippen molar-refractivity contribution in [2.24, 2.45) is 0 Å². The number of Topliss-reactive ketones (excluding diaryl/α,β-unsaturated/α-hetero) is 1. The summed E-state index contributed by atoms with van der Waals surface area (Å²) >= 11 is 0. The monoisotopic (exact) mass is 312 g/mol. The van der Waals surface area contributed by atoms with Crippen LogP contribution in [0.15, 0.2) is 48.5 Å². The van der Waals surface area contributed by atoms with Gasteiger partial charge in [-0.1, -0.05) is 30.3 Å². The molecule has 3 N–H and O–H groups in total. The standard InChI is InChI=1S/C18H20N2O3/c1-12-10-15(8-9-16(12)13(2)22)19-18(23)20-17(11-21)14-6-4-3-5-7-14/h3-10,17,21H,11H2,1-2H3,(H2,19,20,23)/t17-/m1/s1. The molecule has 0 heterocycles. The largest absolute Gasteiger partial charge is 0.394 e. The number of rotatable bonds is 5. The van der Waals surface area contributed by atoms with Gasteiger partial charge >= 0.3 is 6.03 Å². The van der Waals surface area contributed by atoms with E-state index >= 15 is 0 Å². The minimum absolute atomic E-state index is 0.0112. The molecule has 120 valence electrons. The maximum atomic E-state index is 12.1. The van der Waals surface area contributed by atoms with Crippen molar-refractivity contribution in [1.82, 2.24) is 5.32 Å². The van der Waals surface area contributed by atoms with Crippen molar-refractivity contribution in [2.75, 3.05) is 11.9 Å². The van der Waals surface area contributed by atoms with Crippen LogP contribution in [0.3, 0.4) is 0 Å². The van der Waals surface area contributed by atoms with Crippen molar-refractivity contribution in [3.8, 4) is 0 Å². The number of nitrogens with one attached hydrogen (secondary N) is 2. The van der Waals surface area contributed by atoms with Crippen molar-refractivity contribution in [3.05, 3.63) is 65.2 Å². The van der Waals surface area contributed by atoms with Gasteiger partial charge < -0.3 is 15.7 Å². The SMILES string of the molecule is CC(=O)c1ccc(NC(=O)N[C@H](CO)c2ccccc2)cc1C. The van der Waals surface area contributed by atoms with Gasteiger partial charge in [0.2, 0.25) is 0 Å². The van der Waals surface area contributed by atoms with E-state index in [0.717, 1.165) is 11.1 Å². The number of aryl methyl sites for hydroxylation is 1. The van der Waals surface area contributed by atoms with E-state index in [2.05, 4.69) is 10.6 Å². The topological polar surface area (TPSA) is 78.4 Å². The first kappa shape index (κ1) is 16.7. The lowest BCUT2D eigenvalue weighted by Gasteiger charge is -2.17. The summed E-state index contributed by atoms with van der Waals surface area (Å²) in [5.41, 5.74) is 2.86. The first-order valence-electron chi connectivity index (χ1n) is 7.36. The van der Waals surface area contributed by atoms with Gasteiger partial charge in [0.1, 0.15) is 0 Å². The van der Waals surface area contributed by atoms with E-state index < -0.39 is 12.1 Å². The Morgan fingerprint density at radius 2 is 1.83 bits per heavy atom. The fourth-order valence-electron chi connectivity index (χ4n) is 2.38. The zero-order valence-electron chi connectivity index (χ0n) is 13.2. The second-order valence-corrected chi connectivity index (χ2v) is 5.33. The summed E-state index contributed by atoms with van der Waals surface area (Å²) in [7, 11) is 0. The minimum atomic E-state index is -0.478. The number of urea groups is 1. The molecular weight excluding hydrogens is 292 g/mol. The Balaban J connectivity index is 2.04. The van der Waals surface area contributed by atoms with Crippen LogP contribution >= 0.6 is 0 Å². The van der Waals surface area contributed by atoms with Gasteiger partial charge in [-0.25, -0.2) is 4.79 Å². The van der Waals surface area contributed by atoms with Gasteiger partial charge in [-0.15, -0.1) is 0 Å². The van der Waals surface area contributed by atoms with Crippen LogP contribution < -0.4 is 10.6 Å². The summed E-state index contributed by atoms with van der Waals surface area (Å²) in [4.78, 5) is 23.5. The molecule has 0 aliphatic heterocycles. The maximum Gasteiger partial charge on any atom is 0.319 e. The zero-order valence-corrected chi connectivity index (χ0v) is 13.2. The predicted molar refractivity (Wildman–Crippen MR) is 89.6 cm³/mol. The van der Waals surface area contributed by atoms with E-state index in [0.29, 0.717) is 11.3 Å². The third kappa shape index (κ3) is 4.40. The Morgan fingerprint density at radius 1 is 1.13 bits per heavy atom. The van der Waals surface area contributed by atoms with Crippen LogP contribution in [0.25, 0.3) is 0 Å². The highest BCUT2D eigenvalue weighted by atomic mass is 16.3. The van der Waals surface area contributed by atoms with Gasteiger partial charge in [0.05, 0.1) is 12.6 Å². The number of hydrogen-bond acceptors (Lipinski definition) is 3. The van der Waals surface area contributed by atoms with E-state index in [1.807, 2.05) is 37.3 Å². The number of amides is 2. The summed E-state index contributed by atoms with van der Waals surface area (Å²) in [6.07, 6.45) is 0. The molecule has 2 aromatic rings. The second-order valence-electron chi connectivity index (χ2n) is 5.33. The summed E-state index contributed by atoms with van der Waals surface area (Å²) in [6, 6.07) is 13.5. The first-order valence-corrected chi connectivity index (χ1v) is 7.36. The predicted octanol–water partition coefficient (Wildman–Crippen LogP) is 3.05. The van der Waals surface area contributed by atoms with Crippen LogP contribution in [0.1, 0.15) is 34.5 Å². The normalized spacial score (nSPS) is 11.6. The van der Waals surface area contributed by atoms with E-state index in [4.69, 9.17) is 0 Å². The Bertz CT molecular complexity index is 699. The summed E-state index contributed by atoms with van der Waals surface area (Å²) in [5, 5.41) is 14.9. The molecule has 0 aliphatic carbocycles. The van der Waals surface area contributed by atoms with Crippen molar-refractivity contribution >= 4 is 17.5 Å². The summed E-state index contributed by atoms with van der Waals surface area (Å²) < 4.78 is 0. The molecule has 0 bridgehead atoms. The van der Waals surface area contributed by atoms with Gasteiger partial charge in [0, 0.05) is 11.3 Å². The average molecular weight is 312 g/mol. The molecule has 2 rings (SSSR count). The molecule has 2 amide bonds. The number of benzene rings is 2. The third-order valence-electron chi connectivity index (χ3n) is 3.55. The van der Waals surface area contributed by atoms with E-state index in [-0.39, 0.29) is 12.4 Å². The van der Waals surface area contributed by atoms with Gasteiger partial charge in [0.25, 0.3) is 0 Å². The Hall–Kier alpha value is -2.66. The molecule has 0 aliphatic rings. The number of aliphatic hydroxyl groups is 1. The summed E-state index contributed by atoms with van der Waals surface area (Å²) in [6.45, 7) is 3.13. The van der Waals surface area contributed by atoms with Crippen molar-refractivity contribution in [1.29, 1.82) is 0 Å². The molecule has 0 spiro atoms. The molecule has 2 aromatic carbocycles. The molecule has 1 atom stereocenters. The molecule has 0 fully saturated rings. The lowest BCUT2D eigenvalue weighted by molar-refractivity contribution is 0.101. The number of ketones is 1. The molecule has 0 saturated heterocycles. The molecule has 0 saturated carbocycles. The van der Waals surface area contributed by atoms with Gasteiger partial charge in [-0.2, -0.15) is 0 Å². The Kier molecular flexibility index (Phi) is 5.49. The zero-order chi connectivity index (χ0) is 16.8. The molecule has 23 heavy (non-hydrogen) atoms. The Morgan fingerprint density at radius 3 is 2.39 bits per heavy atom. The third-order valence-corrected chi connectivity index (χ3v) is 3.55. The summed E-state index contributed by atoms with van der Waals surface area (Å²) in [5.74, 6) is -0.0112. The Labute approximate surface area is 135 Å². The number of hydrogen-bond donors (Lipinski definition) is 3. The lowest BCUT2D eigenvalue weighted by atomic mass is 10.0. The minimum Gasteiger partial charge on any atom is -0.394 e. The number of carbonyl (C=O) groups excluding carboxylic acids is 2. The van der Waals surface area contributed by atoms with E-state index in [1.165, 1.54) is 6.92 Å². The fraction of sp³-hybridized carbons (Fsp3) is 0.222. The lowest BCUT2D eigenvalue weighted by Crippen LogP contribution is -2.34. The van der Waals surface area contributed by atoms with E-state index in [1.54, 1.807) is 18.2 Å². The van der Waals surface area contributed by atoms with Crippen LogP contribution in [0, 0.1) is 6.92 Å². The van der Waals surface area contributed by atoms with Crippen molar-refractivity contribution in [3.63, 3.8) is 0 Å². The highest BCUT2D eigenvalue weighted by Crippen LogP contribution is 2.16. The number of anilines is 1. The van der Waals surface area contributed by atoms with Crippen LogP contribution in [0.5, 0.6) is 0 Å². The molecular formula is C18H20N2O3. The smallest absolute Gasteiger partial charge is 0.319 e. The maximum absolute atomic E-state index is 12.1. The first-order chi connectivity index (χ1) is 11.0. The molecule has 0 radical (unpaired) electrons. The van der Waals surface area contributed by atoms with Crippen LogP contribution in [-0.4, -0.2) is 23.5 Å². The highest BCUT2D eigenvalue weighted by Gasteiger charge is 2.13. The van der Waals surface area contributed by atoms with Gasteiger partial charge in [-0.05, 0) is 43.2 Å². The van der Waals surface area contributed by atoms with Crippen molar-refractivity contribution in [2.45, 2.75) is 19.9 Å². The molecule has 5 nitrogen and oxygen atoms in total.